The maximum absolute atomic E-state index is 10.8. The fraction of sp³-hybridized carbons (Fsp3) is 0.115. The largest absolute Gasteiger partial charge is 0.481 e. The number of aromatic nitrogens is 1. The molecule has 0 fully saturated rings. The highest BCUT2D eigenvalue weighted by Gasteiger charge is 2.18. The van der Waals surface area contributed by atoms with Gasteiger partial charge in [-0.3, -0.25) is 4.79 Å². The molecule has 0 saturated heterocycles. The Kier molecular flexibility index (Phi) is 6.85. The number of hydrogen-bond donors (Lipinski definition) is 2. The Labute approximate surface area is 200 Å². The van der Waals surface area contributed by atoms with Crippen LogP contribution in [-0.4, -0.2) is 16.1 Å². The van der Waals surface area contributed by atoms with Gasteiger partial charge in [0.05, 0.1) is 10.8 Å². The average Bonchev–Trinajstić information content (AvgIpc) is 3.34. The van der Waals surface area contributed by atoms with Crippen molar-refractivity contribution in [3.63, 3.8) is 0 Å². The van der Waals surface area contributed by atoms with Gasteiger partial charge in [-0.1, -0.05) is 84.7 Å². The van der Waals surface area contributed by atoms with Crippen molar-refractivity contribution < 1.29 is 9.90 Å². The van der Waals surface area contributed by atoms with E-state index in [0.717, 1.165) is 50.9 Å². The van der Waals surface area contributed by atoms with Crippen LogP contribution in [0.2, 0.25) is 8.67 Å². The smallest absolute Gasteiger partial charge is 0.307 e. The summed E-state index contributed by atoms with van der Waals surface area (Å²) in [5.41, 5.74) is 7.19. The van der Waals surface area contributed by atoms with Crippen molar-refractivity contribution in [2.75, 3.05) is 0 Å². The zero-order chi connectivity index (χ0) is 22.7. The summed E-state index contributed by atoms with van der Waals surface area (Å²) in [5.74, 6) is -0.846. The van der Waals surface area contributed by atoms with Gasteiger partial charge in [-0.05, 0) is 41.3 Å². The molecule has 0 unspecified atom stereocenters. The van der Waals surface area contributed by atoms with Crippen LogP contribution in [0, 0.1) is 0 Å². The second-order valence-corrected chi connectivity index (χ2v) is 9.62. The van der Waals surface area contributed by atoms with Crippen LogP contribution < -0.4 is 0 Å². The summed E-state index contributed by atoms with van der Waals surface area (Å²) in [4.78, 5) is 14.3. The number of para-hydroxylation sites is 1. The maximum Gasteiger partial charge on any atom is 0.307 e. The molecule has 0 radical (unpaired) electrons. The molecule has 2 aromatic heterocycles. The fourth-order valence-corrected chi connectivity index (χ4v) is 5.32. The normalized spacial score (nSPS) is 12.5. The van der Waals surface area contributed by atoms with E-state index in [9.17, 15) is 4.79 Å². The Morgan fingerprint density at radius 1 is 1.09 bits per heavy atom. The molecule has 0 atom stereocenters. The lowest BCUT2D eigenvalue weighted by Gasteiger charge is -2.14. The van der Waals surface area contributed by atoms with Crippen LogP contribution in [0.15, 0.2) is 66.7 Å². The van der Waals surface area contributed by atoms with Crippen LogP contribution in [-0.2, 0) is 4.79 Å². The van der Waals surface area contributed by atoms with Crippen LogP contribution in [0.25, 0.3) is 28.1 Å². The third-order valence-corrected chi connectivity index (χ3v) is 6.73. The van der Waals surface area contributed by atoms with Crippen molar-refractivity contribution in [3.05, 3.63) is 97.8 Å². The second kappa shape index (κ2) is 9.78. The van der Waals surface area contributed by atoms with E-state index in [-0.39, 0.29) is 6.42 Å². The topological polar surface area (TPSA) is 53.1 Å². The molecule has 0 saturated carbocycles. The first-order valence-corrected chi connectivity index (χ1v) is 11.8. The molecule has 2 N–H and O–H groups in total. The zero-order valence-corrected chi connectivity index (χ0v) is 19.7. The quantitative estimate of drug-likeness (QED) is 0.278. The second-order valence-electron chi connectivity index (χ2n) is 7.34. The van der Waals surface area contributed by atoms with E-state index in [1.807, 2.05) is 36.4 Å². The Bertz CT molecular complexity index is 1300. The molecular weight excluding hydrogens is 461 g/mol. The molecule has 0 spiro atoms. The number of aliphatic carboxylic acids is 1. The van der Waals surface area contributed by atoms with Gasteiger partial charge in [0.15, 0.2) is 0 Å². The SMILES string of the molecule is CC/C(=C(/c1ccc(/C=C/CC(=O)O)cc1)c1cc2ccccc2[nH]1)c1cc(Cl)sc1Cl. The minimum atomic E-state index is -0.846. The number of hydrogen-bond acceptors (Lipinski definition) is 2. The minimum Gasteiger partial charge on any atom is -0.481 e. The van der Waals surface area contributed by atoms with Gasteiger partial charge in [0.2, 0.25) is 0 Å². The summed E-state index contributed by atoms with van der Waals surface area (Å²) in [6.45, 7) is 2.11. The van der Waals surface area contributed by atoms with Gasteiger partial charge in [-0.15, -0.1) is 11.3 Å². The number of H-pyrrole nitrogens is 1. The summed E-state index contributed by atoms with van der Waals surface area (Å²) in [6, 6.07) is 20.4. The van der Waals surface area contributed by atoms with Crippen molar-refractivity contribution >= 4 is 68.6 Å². The molecule has 3 nitrogen and oxygen atoms in total. The number of allylic oxidation sites excluding steroid dienone is 1. The van der Waals surface area contributed by atoms with Crippen LogP contribution in [0.1, 0.15) is 42.1 Å². The summed E-state index contributed by atoms with van der Waals surface area (Å²) in [6.07, 6.45) is 4.24. The van der Waals surface area contributed by atoms with Crippen molar-refractivity contribution in [2.24, 2.45) is 0 Å². The molecule has 0 aliphatic rings. The molecule has 162 valence electrons. The molecule has 0 amide bonds. The van der Waals surface area contributed by atoms with Crippen molar-refractivity contribution in [1.29, 1.82) is 0 Å². The standard InChI is InChI=1S/C26H21Cl2NO2S/c1-2-19(20-15-23(27)32-26(20)28)25(22-14-18-7-3-4-8-21(18)29-22)17-12-10-16(11-13-17)6-5-9-24(30)31/h3-8,10-15,29H,2,9H2,1H3,(H,30,31)/b6-5+,25-19+. The van der Waals surface area contributed by atoms with E-state index in [4.69, 9.17) is 28.3 Å². The highest BCUT2D eigenvalue weighted by Crippen LogP contribution is 2.42. The summed E-state index contributed by atoms with van der Waals surface area (Å²) in [5, 5.41) is 9.97. The van der Waals surface area contributed by atoms with E-state index in [2.05, 4.69) is 42.2 Å². The first-order chi connectivity index (χ1) is 15.5. The highest BCUT2D eigenvalue weighted by atomic mass is 35.5. The van der Waals surface area contributed by atoms with E-state index >= 15 is 0 Å². The van der Waals surface area contributed by atoms with E-state index in [1.165, 1.54) is 11.3 Å². The summed E-state index contributed by atoms with van der Waals surface area (Å²) < 4.78 is 1.33. The van der Waals surface area contributed by atoms with Gasteiger partial charge < -0.3 is 10.1 Å². The van der Waals surface area contributed by atoms with Gasteiger partial charge in [-0.25, -0.2) is 0 Å². The molecule has 0 bridgehead atoms. The molecule has 4 aromatic rings. The van der Waals surface area contributed by atoms with E-state index in [0.29, 0.717) is 8.67 Å². The van der Waals surface area contributed by atoms with Crippen molar-refractivity contribution in [1.82, 2.24) is 4.98 Å². The fourth-order valence-electron chi connectivity index (χ4n) is 3.80. The van der Waals surface area contributed by atoms with Gasteiger partial charge in [-0.2, -0.15) is 0 Å². The van der Waals surface area contributed by atoms with Crippen molar-refractivity contribution in [3.8, 4) is 0 Å². The highest BCUT2D eigenvalue weighted by molar-refractivity contribution is 7.20. The Hall–Kier alpha value is -2.79. The number of carbonyl (C=O) groups is 1. The molecular formula is C26H21Cl2NO2S. The van der Waals surface area contributed by atoms with Gasteiger partial charge >= 0.3 is 5.97 Å². The maximum atomic E-state index is 10.8. The third-order valence-electron chi connectivity index (χ3n) is 5.24. The molecule has 4 rings (SSSR count). The lowest BCUT2D eigenvalue weighted by atomic mass is 9.91. The number of thiophene rings is 1. The predicted octanol–water partition coefficient (Wildman–Crippen LogP) is 8.39. The monoisotopic (exact) mass is 481 g/mol. The van der Waals surface area contributed by atoms with E-state index in [1.54, 1.807) is 6.08 Å². The first-order valence-electron chi connectivity index (χ1n) is 10.2. The minimum absolute atomic E-state index is 0.000629. The van der Waals surface area contributed by atoms with Crippen LogP contribution in [0.4, 0.5) is 0 Å². The number of rotatable bonds is 7. The van der Waals surface area contributed by atoms with Crippen LogP contribution >= 0.6 is 34.5 Å². The number of aromatic amines is 1. The Balaban J connectivity index is 1.87. The van der Waals surface area contributed by atoms with Gasteiger partial charge in [0.1, 0.15) is 4.34 Å². The van der Waals surface area contributed by atoms with Gasteiger partial charge in [0, 0.05) is 27.7 Å². The number of halogens is 2. The predicted molar refractivity (Wildman–Crippen MR) is 137 cm³/mol. The number of carboxylic acids is 1. The molecule has 0 aliphatic carbocycles. The van der Waals surface area contributed by atoms with Crippen molar-refractivity contribution in [2.45, 2.75) is 19.8 Å². The lowest BCUT2D eigenvalue weighted by molar-refractivity contribution is -0.135. The third kappa shape index (κ3) is 4.83. The number of carboxylic acid groups (broad SMARTS) is 1. The van der Waals surface area contributed by atoms with Crippen LogP contribution in [0.5, 0.6) is 0 Å². The Morgan fingerprint density at radius 2 is 1.84 bits per heavy atom. The summed E-state index contributed by atoms with van der Waals surface area (Å²) >= 11 is 14.2. The number of benzene rings is 2. The molecule has 2 heterocycles. The summed E-state index contributed by atoms with van der Waals surface area (Å²) in [7, 11) is 0. The average molecular weight is 482 g/mol. The lowest BCUT2D eigenvalue weighted by Crippen LogP contribution is -1.95. The molecule has 2 aromatic carbocycles. The first kappa shape index (κ1) is 22.4. The zero-order valence-electron chi connectivity index (χ0n) is 17.4. The van der Waals surface area contributed by atoms with Gasteiger partial charge in [0.25, 0.3) is 0 Å². The molecule has 32 heavy (non-hydrogen) atoms. The van der Waals surface area contributed by atoms with E-state index < -0.39 is 5.97 Å². The molecule has 6 heteroatoms. The molecule has 0 aliphatic heterocycles. The van der Waals surface area contributed by atoms with Crippen LogP contribution in [0.3, 0.4) is 0 Å². The Morgan fingerprint density at radius 3 is 2.47 bits per heavy atom. The number of fused-ring (bicyclic) bond motifs is 1. The number of nitrogens with one attached hydrogen (secondary N) is 1.